The summed E-state index contributed by atoms with van der Waals surface area (Å²) in [7, 11) is 0. The molecule has 3 N–H and O–H groups in total. The molecule has 0 amide bonds. The summed E-state index contributed by atoms with van der Waals surface area (Å²) in [6.07, 6.45) is 9.51. The van der Waals surface area contributed by atoms with Gasteiger partial charge in [-0.3, -0.25) is 0 Å². The Kier molecular flexibility index (Phi) is 7.68. The summed E-state index contributed by atoms with van der Waals surface area (Å²) >= 11 is 0. The molecule has 35 heavy (non-hydrogen) atoms. The van der Waals surface area contributed by atoms with Crippen LogP contribution in [0.25, 0.3) is 5.70 Å². The van der Waals surface area contributed by atoms with Gasteiger partial charge in [0.2, 0.25) is 0 Å². The third-order valence-corrected chi connectivity index (χ3v) is 6.43. The first-order chi connectivity index (χ1) is 17.0. The number of hydrogen-bond acceptors (Lipinski definition) is 4. The molecule has 1 aliphatic rings. The van der Waals surface area contributed by atoms with E-state index in [9.17, 15) is 5.11 Å². The first-order valence-electron chi connectivity index (χ1n) is 12.1. The maximum Gasteiger partial charge on any atom is 0.141 e. The van der Waals surface area contributed by atoms with Crippen LogP contribution in [-0.4, -0.2) is 22.1 Å². The van der Waals surface area contributed by atoms with Crippen LogP contribution in [0.2, 0.25) is 0 Å². The van der Waals surface area contributed by atoms with Crippen LogP contribution in [0.15, 0.2) is 103 Å². The number of allylic oxidation sites excluding steroid dienone is 2. The molecule has 0 radical (unpaired) electrons. The van der Waals surface area contributed by atoms with Crippen molar-refractivity contribution < 1.29 is 5.11 Å². The van der Waals surface area contributed by atoms with Gasteiger partial charge >= 0.3 is 0 Å². The van der Waals surface area contributed by atoms with Crippen molar-refractivity contribution in [3.05, 3.63) is 120 Å². The van der Waals surface area contributed by atoms with Crippen LogP contribution in [0, 0.1) is 0 Å². The lowest BCUT2D eigenvalue weighted by atomic mass is 10.1. The van der Waals surface area contributed by atoms with Crippen LogP contribution in [0.5, 0.6) is 0 Å². The Morgan fingerprint density at radius 1 is 1.11 bits per heavy atom. The van der Waals surface area contributed by atoms with E-state index >= 15 is 0 Å². The zero-order valence-electron chi connectivity index (χ0n) is 20.6. The number of aryl methyl sites for hydroxylation is 2. The molecule has 0 aliphatic heterocycles. The van der Waals surface area contributed by atoms with Crippen molar-refractivity contribution >= 4 is 17.2 Å². The molecular formula is C30H34N4O. The number of aliphatic hydroxyl groups is 1. The van der Waals surface area contributed by atoms with Gasteiger partial charge in [-0.1, -0.05) is 55.6 Å². The molecule has 0 spiro atoms. The highest BCUT2D eigenvalue weighted by Crippen LogP contribution is 2.26. The number of aromatic nitrogens is 1. The fourth-order valence-electron chi connectivity index (χ4n) is 4.37. The molecule has 1 unspecified atom stereocenters. The van der Waals surface area contributed by atoms with Gasteiger partial charge in [0.25, 0.3) is 0 Å². The van der Waals surface area contributed by atoms with E-state index in [0.717, 1.165) is 40.3 Å². The molecule has 5 nitrogen and oxygen atoms in total. The van der Waals surface area contributed by atoms with E-state index in [2.05, 4.69) is 42.0 Å². The molecule has 0 saturated carbocycles. The van der Waals surface area contributed by atoms with E-state index in [1.54, 1.807) is 0 Å². The zero-order valence-corrected chi connectivity index (χ0v) is 20.6. The van der Waals surface area contributed by atoms with Crippen molar-refractivity contribution in [2.45, 2.75) is 39.2 Å². The number of nitrogens with zero attached hydrogens (tertiary/aromatic N) is 2. The molecule has 0 saturated heterocycles. The van der Waals surface area contributed by atoms with Crippen molar-refractivity contribution in [2.75, 3.05) is 11.9 Å². The van der Waals surface area contributed by atoms with Crippen molar-refractivity contribution in [3.63, 3.8) is 0 Å². The lowest BCUT2D eigenvalue weighted by molar-refractivity contribution is 0.256. The molecule has 0 fully saturated rings. The number of hydrogen-bond donors (Lipinski definition) is 3. The average Bonchev–Trinajstić information content (AvgIpc) is 3.55. The predicted molar refractivity (Wildman–Crippen MR) is 146 cm³/mol. The lowest BCUT2D eigenvalue weighted by Gasteiger charge is -2.19. The Hall–Kier alpha value is -3.83. The van der Waals surface area contributed by atoms with Crippen LogP contribution in [0.3, 0.4) is 0 Å². The monoisotopic (exact) mass is 466 g/mol. The Morgan fingerprint density at radius 2 is 1.89 bits per heavy atom. The minimum Gasteiger partial charge on any atom is -0.394 e. The van der Waals surface area contributed by atoms with E-state index in [1.807, 2.05) is 73.3 Å². The molecular weight excluding hydrogens is 432 g/mol. The summed E-state index contributed by atoms with van der Waals surface area (Å²) in [5, 5.41) is 16.6. The lowest BCUT2D eigenvalue weighted by Crippen LogP contribution is -2.22. The van der Waals surface area contributed by atoms with Gasteiger partial charge in [-0.25, -0.2) is 4.99 Å². The minimum absolute atomic E-state index is 0.0255. The van der Waals surface area contributed by atoms with Gasteiger partial charge < -0.3 is 20.3 Å². The highest BCUT2D eigenvalue weighted by molar-refractivity contribution is 6.00. The summed E-state index contributed by atoms with van der Waals surface area (Å²) in [4.78, 5) is 4.82. The number of aliphatic hydroxyl groups excluding tert-OH is 1. The fourth-order valence-corrected chi connectivity index (χ4v) is 4.37. The summed E-state index contributed by atoms with van der Waals surface area (Å²) in [6, 6.07) is 18.1. The van der Waals surface area contributed by atoms with Crippen molar-refractivity contribution in [1.29, 1.82) is 0 Å². The van der Waals surface area contributed by atoms with Gasteiger partial charge in [-0.15, -0.1) is 0 Å². The maximum atomic E-state index is 9.89. The summed E-state index contributed by atoms with van der Waals surface area (Å²) < 4.78 is 1.98. The third kappa shape index (κ3) is 5.81. The zero-order chi connectivity index (χ0) is 24.8. The van der Waals surface area contributed by atoms with Gasteiger partial charge in [-0.2, -0.15) is 0 Å². The molecule has 4 rings (SSSR count). The second-order valence-corrected chi connectivity index (χ2v) is 8.89. The summed E-state index contributed by atoms with van der Waals surface area (Å²) in [6.45, 7) is 12.4. The molecule has 1 aliphatic carbocycles. The highest BCUT2D eigenvalue weighted by atomic mass is 16.3. The molecule has 1 aromatic heterocycles. The molecule has 3 aromatic rings. The first kappa shape index (κ1) is 24.3. The van der Waals surface area contributed by atoms with Crippen molar-refractivity contribution in [1.82, 2.24) is 9.88 Å². The van der Waals surface area contributed by atoms with E-state index < -0.39 is 0 Å². The van der Waals surface area contributed by atoms with Crippen LogP contribution >= 0.6 is 0 Å². The topological polar surface area (TPSA) is 61.6 Å². The Morgan fingerprint density at radius 3 is 2.63 bits per heavy atom. The number of anilines is 1. The van der Waals surface area contributed by atoms with Crippen LogP contribution in [0.1, 0.15) is 48.6 Å². The quantitative estimate of drug-likeness (QED) is 0.265. The van der Waals surface area contributed by atoms with E-state index in [0.29, 0.717) is 5.82 Å². The number of aliphatic imine (C=N–C) groups is 1. The largest absolute Gasteiger partial charge is 0.394 e. The predicted octanol–water partition coefficient (Wildman–Crippen LogP) is 6.07. The molecule has 1 heterocycles. The third-order valence-electron chi connectivity index (χ3n) is 6.43. The molecule has 5 heteroatoms. The molecule has 1 atom stereocenters. The first-order valence-corrected chi connectivity index (χ1v) is 12.1. The smallest absolute Gasteiger partial charge is 0.141 e. The Labute approximate surface area is 208 Å². The number of nitrogens with one attached hydrogen (secondary N) is 2. The second-order valence-electron chi connectivity index (χ2n) is 8.89. The Bertz CT molecular complexity index is 1270. The van der Waals surface area contributed by atoms with Crippen LogP contribution in [-0.2, 0) is 12.8 Å². The van der Waals surface area contributed by atoms with E-state index in [4.69, 9.17) is 4.99 Å². The van der Waals surface area contributed by atoms with Gasteiger partial charge in [0.05, 0.1) is 12.6 Å². The van der Waals surface area contributed by atoms with E-state index in [-0.39, 0.29) is 12.6 Å². The van der Waals surface area contributed by atoms with Crippen molar-refractivity contribution in [3.8, 4) is 0 Å². The summed E-state index contributed by atoms with van der Waals surface area (Å²) in [5.74, 6) is 1.36. The molecule has 0 bridgehead atoms. The number of benzene rings is 2. The van der Waals surface area contributed by atoms with E-state index in [1.165, 1.54) is 24.0 Å². The molecule has 2 aromatic carbocycles. The SMILES string of the molecule is C=C(N=C(/C(C)=C\C)n1ccc(C(=C)NC(CO)c2ccccc2)c1)Nc1ccc2c(c1)CCC2. The fraction of sp³-hybridized carbons (Fsp3) is 0.233. The maximum absolute atomic E-state index is 9.89. The van der Waals surface area contributed by atoms with Crippen molar-refractivity contribution in [2.24, 2.45) is 4.99 Å². The number of rotatable bonds is 9. The summed E-state index contributed by atoms with van der Waals surface area (Å²) in [5.41, 5.74) is 7.57. The average molecular weight is 467 g/mol. The Balaban J connectivity index is 1.51. The normalized spacial score (nSPS) is 14.4. The standard InChI is InChI=1S/C30H34N4O/c1-5-21(2)30(33-23(4)32-28-15-14-24-12-9-13-26(24)18-28)34-17-16-27(19-34)22(3)31-29(20-35)25-10-7-6-8-11-25/h5-8,10-11,14-19,29,31-32,35H,3-4,9,12-13,20H2,1-2H3/b21-5-,33-30?. The van der Waals surface area contributed by atoms with Gasteiger partial charge in [0.15, 0.2) is 0 Å². The minimum atomic E-state index is -0.228. The van der Waals surface area contributed by atoms with Crippen LogP contribution in [0.4, 0.5) is 5.69 Å². The van der Waals surface area contributed by atoms with Gasteiger partial charge in [0.1, 0.15) is 11.7 Å². The molecule has 180 valence electrons. The van der Waals surface area contributed by atoms with Gasteiger partial charge in [-0.05, 0) is 73.6 Å². The second kappa shape index (κ2) is 11.1. The highest BCUT2D eigenvalue weighted by Gasteiger charge is 2.14. The van der Waals surface area contributed by atoms with Crippen LogP contribution < -0.4 is 10.6 Å². The van der Waals surface area contributed by atoms with Gasteiger partial charge in [0, 0.05) is 29.3 Å². The number of fused-ring (bicyclic) bond motifs is 1.